The van der Waals surface area contributed by atoms with Gasteiger partial charge in [0.15, 0.2) is 5.82 Å². The van der Waals surface area contributed by atoms with E-state index in [1.165, 1.54) is 37.2 Å². The number of rotatable bonds is 12. The Bertz CT molecular complexity index is 1770. The van der Waals surface area contributed by atoms with Gasteiger partial charge < -0.3 is 34.4 Å². The number of halogens is 1. The summed E-state index contributed by atoms with van der Waals surface area (Å²) in [5.41, 5.74) is 6.10. The Labute approximate surface area is 302 Å². The standard InChI is InChI=1S/C37H50ClN8O3P/c1-8-25-20-30(32(47-5)22-31(25)46-14-12-27(13-15-46)45-18-16-44(4)17-19-45)41-37-39-23-28(38)35(42-37)40-29-11-10-26(21-33(29)50(6)7)34-24(3)49-43-36(34)48-9-2/h10-11,20-23,27H,8-9,12-19H2,1-7H3,(H2,39,40,41,42). The van der Waals surface area contributed by atoms with E-state index in [0.717, 1.165) is 66.2 Å². The molecule has 4 heterocycles. The van der Waals surface area contributed by atoms with Crippen molar-refractivity contribution in [3.63, 3.8) is 0 Å². The van der Waals surface area contributed by atoms with E-state index in [2.05, 4.69) is 81.0 Å². The van der Waals surface area contributed by atoms with Gasteiger partial charge in [-0.3, -0.25) is 4.90 Å². The Kier molecular flexibility index (Phi) is 11.7. The molecule has 50 heavy (non-hydrogen) atoms. The lowest BCUT2D eigenvalue weighted by Gasteiger charge is -2.43. The van der Waals surface area contributed by atoms with E-state index in [9.17, 15) is 0 Å². The first kappa shape index (κ1) is 36.2. The molecule has 0 saturated carbocycles. The molecule has 0 amide bonds. The Morgan fingerprint density at radius 1 is 1.00 bits per heavy atom. The molecule has 0 bridgehead atoms. The molecular formula is C37H50ClN8O3P. The molecule has 268 valence electrons. The number of ether oxygens (including phenoxy) is 2. The van der Waals surface area contributed by atoms with Gasteiger partial charge in [-0.2, -0.15) is 4.98 Å². The molecule has 13 heteroatoms. The average Bonchev–Trinajstić information content (AvgIpc) is 3.49. The van der Waals surface area contributed by atoms with Crippen molar-refractivity contribution in [2.45, 2.75) is 46.1 Å². The highest BCUT2D eigenvalue weighted by molar-refractivity contribution is 7.64. The molecule has 11 nitrogen and oxygen atoms in total. The van der Waals surface area contributed by atoms with Gasteiger partial charge >= 0.3 is 0 Å². The monoisotopic (exact) mass is 720 g/mol. The number of aryl methyl sites for hydroxylation is 2. The second kappa shape index (κ2) is 16.1. The van der Waals surface area contributed by atoms with Crippen molar-refractivity contribution in [2.75, 3.05) is 88.9 Å². The van der Waals surface area contributed by atoms with Crippen molar-refractivity contribution in [3.8, 4) is 22.8 Å². The molecule has 0 atom stereocenters. The fraction of sp³-hybridized carbons (Fsp3) is 0.486. The summed E-state index contributed by atoms with van der Waals surface area (Å²) in [5, 5.41) is 12.6. The average molecular weight is 721 g/mol. The van der Waals surface area contributed by atoms with Crippen molar-refractivity contribution in [1.29, 1.82) is 0 Å². The van der Waals surface area contributed by atoms with E-state index in [4.69, 9.17) is 30.6 Å². The first-order valence-corrected chi connectivity index (χ1v) is 20.2. The molecule has 4 aromatic rings. The predicted molar refractivity (Wildman–Crippen MR) is 207 cm³/mol. The number of aromatic nitrogens is 3. The van der Waals surface area contributed by atoms with E-state index in [-0.39, 0.29) is 0 Å². The molecule has 2 saturated heterocycles. The quantitative estimate of drug-likeness (QED) is 0.146. The third-order valence-electron chi connectivity index (χ3n) is 9.77. The number of hydrogen-bond acceptors (Lipinski definition) is 11. The molecule has 0 spiro atoms. The zero-order valence-electron chi connectivity index (χ0n) is 30.3. The van der Waals surface area contributed by atoms with E-state index in [1.54, 1.807) is 13.3 Å². The van der Waals surface area contributed by atoms with Crippen molar-refractivity contribution < 1.29 is 14.0 Å². The SMILES string of the molecule is CCOc1noc(C)c1-c1ccc(Nc2nc(Nc3cc(CC)c(N4CCC(N5CCN(C)CC5)CC4)cc3OC)ncc2Cl)c(P(C)C)c1. The molecule has 0 aliphatic carbocycles. The molecule has 2 fully saturated rings. The molecule has 0 radical (unpaired) electrons. The lowest BCUT2D eigenvalue weighted by Crippen LogP contribution is -2.52. The van der Waals surface area contributed by atoms with Crippen molar-refractivity contribution in [3.05, 3.63) is 52.9 Å². The van der Waals surface area contributed by atoms with Crippen LogP contribution in [0.3, 0.4) is 0 Å². The van der Waals surface area contributed by atoms with Crippen LogP contribution in [0.15, 0.2) is 41.1 Å². The number of nitrogens with zero attached hydrogens (tertiary/aromatic N) is 6. The van der Waals surface area contributed by atoms with Gasteiger partial charge in [0, 0.05) is 62.8 Å². The smallest absolute Gasteiger partial charge is 0.262 e. The van der Waals surface area contributed by atoms with E-state index < -0.39 is 7.92 Å². The second-order valence-electron chi connectivity index (χ2n) is 13.2. The van der Waals surface area contributed by atoms with Crippen molar-refractivity contribution in [1.82, 2.24) is 24.9 Å². The van der Waals surface area contributed by atoms with Gasteiger partial charge in [0.1, 0.15) is 16.5 Å². The molecule has 0 unspecified atom stereocenters. The second-order valence-corrected chi connectivity index (χ2v) is 15.9. The number of methoxy groups -OCH3 is 1. The molecule has 6 rings (SSSR count). The van der Waals surface area contributed by atoms with Crippen molar-refractivity contribution in [2.24, 2.45) is 0 Å². The lowest BCUT2D eigenvalue weighted by atomic mass is 9.99. The maximum absolute atomic E-state index is 6.67. The number of piperazine rings is 1. The summed E-state index contributed by atoms with van der Waals surface area (Å²) in [7, 11) is 3.43. The zero-order valence-corrected chi connectivity index (χ0v) is 32.0. The van der Waals surface area contributed by atoms with Crippen LogP contribution in [0.25, 0.3) is 11.1 Å². The van der Waals surface area contributed by atoms with Crippen LogP contribution in [0.2, 0.25) is 5.02 Å². The van der Waals surface area contributed by atoms with Crippen LogP contribution in [0.1, 0.15) is 38.0 Å². The minimum Gasteiger partial charge on any atom is -0.494 e. The Balaban J connectivity index is 1.20. The summed E-state index contributed by atoms with van der Waals surface area (Å²) in [6.45, 7) is 17.7. The lowest BCUT2D eigenvalue weighted by molar-refractivity contribution is 0.0982. The Morgan fingerprint density at radius 3 is 2.44 bits per heavy atom. The summed E-state index contributed by atoms with van der Waals surface area (Å²) >= 11 is 6.67. The summed E-state index contributed by atoms with van der Waals surface area (Å²) in [6.07, 6.45) is 4.88. The van der Waals surface area contributed by atoms with Gasteiger partial charge in [-0.25, -0.2) is 4.98 Å². The Hall–Kier alpha value is -3.63. The number of benzene rings is 2. The molecule has 2 N–H and O–H groups in total. The van der Waals surface area contributed by atoms with Gasteiger partial charge in [0.25, 0.3) is 5.88 Å². The van der Waals surface area contributed by atoms with Crippen LogP contribution < -0.4 is 30.3 Å². The van der Waals surface area contributed by atoms with E-state index in [1.807, 2.05) is 26.0 Å². The number of anilines is 5. The number of hydrogen-bond donors (Lipinski definition) is 2. The summed E-state index contributed by atoms with van der Waals surface area (Å²) in [5.74, 6) is 2.91. The molecule has 2 aromatic carbocycles. The van der Waals surface area contributed by atoms with Crippen LogP contribution >= 0.6 is 19.5 Å². The predicted octanol–water partition coefficient (Wildman–Crippen LogP) is 7.13. The fourth-order valence-corrected chi connectivity index (χ4v) is 8.10. The topological polar surface area (TPSA) is 104 Å². The maximum Gasteiger partial charge on any atom is 0.262 e. The number of nitrogens with one attached hydrogen (secondary N) is 2. The van der Waals surface area contributed by atoms with Crippen LogP contribution in [-0.2, 0) is 6.42 Å². The third-order valence-corrected chi connectivity index (χ3v) is 11.4. The third kappa shape index (κ3) is 7.96. The highest BCUT2D eigenvalue weighted by atomic mass is 35.5. The van der Waals surface area contributed by atoms with Crippen LogP contribution in [0.4, 0.5) is 28.8 Å². The van der Waals surface area contributed by atoms with Gasteiger partial charge in [0.05, 0.1) is 31.2 Å². The molecule has 2 aliphatic heterocycles. The van der Waals surface area contributed by atoms with Crippen LogP contribution in [-0.4, -0.2) is 104 Å². The van der Waals surface area contributed by atoms with Crippen LogP contribution in [0.5, 0.6) is 11.6 Å². The van der Waals surface area contributed by atoms with Gasteiger partial charge in [-0.15, -0.1) is 0 Å². The van der Waals surface area contributed by atoms with Gasteiger partial charge in [-0.1, -0.05) is 32.5 Å². The minimum atomic E-state index is -0.499. The van der Waals surface area contributed by atoms with E-state index in [0.29, 0.717) is 41.1 Å². The highest BCUT2D eigenvalue weighted by Crippen LogP contribution is 2.39. The van der Waals surface area contributed by atoms with Crippen molar-refractivity contribution >= 4 is 53.7 Å². The summed E-state index contributed by atoms with van der Waals surface area (Å²) in [4.78, 5) is 17.0. The largest absolute Gasteiger partial charge is 0.494 e. The fourth-order valence-electron chi connectivity index (χ4n) is 6.96. The van der Waals surface area contributed by atoms with E-state index >= 15 is 0 Å². The number of piperidine rings is 1. The van der Waals surface area contributed by atoms with Gasteiger partial charge in [-0.05, 0) is 93.3 Å². The zero-order chi connectivity index (χ0) is 35.4. The summed E-state index contributed by atoms with van der Waals surface area (Å²) < 4.78 is 17.1. The first-order valence-electron chi connectivity index (χ1n) is 17.5. The normalized spacial score (nSPS) is 16.2. The molecular weight excluding hydrogens is 671 g/mol. The molecule has 2 aromatic heterocycles. The summed E-state index contributed by atoms with van der Waals surface area (Å²) in [6, 6.07) is 11.3. The Morgan fingerprint density at radius 2 is 1.76 bits per heavy atom. The first-order chi connectivity index (χ1) is 24.2. The minimum absolute atomic E-state index is 0.423. The molecule has 2 aliphatic rings. The number of likely N-dealkylation sites (N-methyl/N-ethyl adjacent to an activating group) is 1. The highest BCUT2D eigenvalue weighted by Gasteiger charge is 2.28. The maximum atomic E-state index is 6.67. The van der Waals surface area contributed by atoms with Gasteiger partial charge in [0.2, 0.25) is 5.95 Å². The van der Waals surface area contributed by atoms with Crippen LogP contribution in [0, 0.1) is 6.92 Å².